The summed E-state index contributed by atoms with van der Waals surface area (Å²) in [6.45, 7) is 11.1. The number of esters is 1. The minimum Gasteiger partial charge on any atom is -0.478 e. The molecule has 2 heterocycles. The van der Waals surface area contributed by atoms with Crippen molar-refractivity contribution in [2.45, 2.75) is 39.7 Å². The first-order valence-electron chi connectivity index (χ1n) is 13.9. The molecule has 2 N–H and O–H groups in total. The molecule has 0 aliphatic carbocycles. The van der Waals surface area contributed by atoms with Crippen LogP contribution in [0, 0.1) is 16.0 Å². The number of piperazine rings is 1. The van der Waals surface area contributed by atoms with Crippen LogP contribution in [0.2, 0.25) is 0 Å². The average molecular weight is 563 g/mol. The maximum Gasteiger partial charge on any atom is 0.336 e. The maximum atomic E-state index is 13.6. The smallest absolute Gasteiger partial charge is 0.336 e. The van der Waals surface area contributed by atoms with Crippen LogP contribution in [-0.4, -0.2) is 71.1 Å². The predicted molar refractivity (Wildman–Crippen MR) is 155 cm³/mol. The van der Waals surface area contributed by atoms with Crippen LogP contribution in [0.25, 0.3) is 0 Å². The van der Waals surface area contributed by atoms with Gasteiger partial charge in [-0.2, -0.15) is 0 Å². The molecular weight excluding hydrogens is 524 g/mol. The van der Waals surface area contributed by atoms with Gasteiger partial charge in [-0.1, -0.05) is 56.3 Å². The molecule has 0 amide bonds. The van der Waals surface area contributed by atoms with Gasteiger partial charge >= 0.3 is 11.9 Å². The number of nitro benzene ring substituents is 1. The molecule has 41 heavy (non-hydrogen) atoms. The van der Waals surface area contributed by atoms with E-state index in [1.165, 1.54) is 23.8 Å². The molecule has 10 heteroatoms. The molecule has 0 radical (unpaired) electrons. The minimum absolute atomic E-state index is 0.00696. The van der Waals surface area contributed by atoms with E-state index >= 15 is 0 Å². The number of carbonyl (C=O) groups excluding carboxylic acids is 1. The molecule has 2 unspecified atom stereocenters. The van der Waals surface area contributed by atoms with E-state index in [4.69, 9.17) is 4.74 Å². The number of nitrogens with zero attached hydrogens (tertiary/aromatic N) is 3. The molecule has 2 atom stereocenters. The number of nitro groups is 1. The summed E-state index contributed by atoms with van der Waals surface area (Å²) in [5, 5.41) is 25.4. The first-order valence-corrected chi connectivity index (χ1v) is 13.9. The number of hydrogen-bond donors (Lipinski definition) is 2. The van der Waals surface area contributed by atoms with Crippen molar-refractivity contribution in [3.05, 3.63) is 98.4 Å². The van der Waals surface area contributed by atoms with Gasteiger partial charge in [-0.15, -0.1) is 0 Å². The van der Waals surface area contributed by atoms with Crippen molar-refractivity contribution in [2.24, 2.45) is 5.92 Å². The van der Waals surface area contributed by atoms with Crippen molar-refractivity contribution in [1.29, 1.82) is 0 Å². The number of nitrogens with one attached hydrogen (secondary N) is 1. The van der Waals surface area contributed by atoms with Crippen LogP contribution in [0.4, 0.5) is 5.69 Å². The molecule has 2 aliphatic heterocycles. The van der Waals surface area contributed by atoms with Crippen LogP contribution >= 0.6 is 0 Å². The summed E-state index contributed by atoms with van der Waals surface area (Å²) in [7, 11) is 0. The Kier molecular flexibility index (Phi) is 9.57. The molecule has 1 fully saturated rings. The highest BCUT2D eigenvalue weighted by atomic mass is 16.6. The molecular formula is C31H38N4O6. The quantitative estimate of drug-likeness (QED) is 0.245. The van der Waals surface area contributed by atoms with E-state index < -0.39 is 22.8 Å². The monoisotopic (exact) mass is 562 g/mol. The summed E-state index contributed by atoms with van der Waals surface area (Å²) in [6.07, 6.45) is 0. The van der Waals surface area contributed by atoms with E-state index in [0.29, 0.717) is 30.0 Å². The van der Waals surface area contributed by atoms with E-state index in [1.54, 1.807) is 19.9 Å². The lowest BCUT2D eigenvalue weighted by Gasteiger charge is -2.41. The van der Waals surface area contributed by atoms with E-state index in [1.807, 2.05) is 36.9 Å². The number of non-ortho nitro benzene ring substituents is 1. The first-order chi connectivity index (χ1) is 19.6. The molecule has 0 bridgehead atoms. The Balaban J connectivity index is 1.74. The molecule has 0 spiro atoms. The standard InChI is InChI=1S/C31H38N4O6/c1-20(2)19-41-31(38)28-22(4)34(16-15-33-14-13-32-18-26(33)23-9-6-5-7-10-23)21(3)27(30(36)37)29(28)24-11-8-12-25(17-24)35(39)40/h5-12,17,20,26,29,32H,13-16,18-19H2,1-4H3,(H,36,37). The molecule has 218 valence electrons. The molecule has 2 aromatic carbocycles. The van der Waals surface area contributed by atoms with Crippen molar-refractivity contribution in [2.75, 3.05) is 39.3 Å². The molecule has 2 aromatic rings. The Morgan fingerprint density at radius 2 is 1.73 bits per heavy atom. The van der Waals surface area contributed by atoms with Gasteiger partial charge in [0, 0.05) is 62.3 Å². The van der Waals surface area contributed by atoms with Gasteiger partial charge in [0.2, 0.25) is 0 Å². The number of hydrogen-bond acceptors (Lipinski definition) is 8. The molecule has 4 rings (SSSR count). The van der Waals surface area contributed by atoms with Crippen molar-refractivity contribution in [1.82, 2.24) is 15.1 Å². The second kappa shape index (κ2) is 13.1. The number of benzene rings is 2. The number of rotatable bonds is 10. The van der Waals surface area contributed by atoms with Gasteiger partial charge < -0.3 is 20.1 Å². The summed E-state index contributed by atoms with van der Waals surface area (Å²) in [4.78, 5) is 41.7. The Bertz CT molecular complexity index is 1350. The molecule has 0 aromatic heterocycles. The van der Waals surface area contributed by atoms with Gasteiger partial charge in [0.15, 0.2) is 0 Å². The lowest BCUT2D eigenvalue weighted by Crippen LogP contribution is -2.48. The largest absolute Gasteiger partial charge is 0.478 e. The molecule has 2 aliphatic rings. The third-order valence-corrected chi connectivity index (χ3v) is 7.73. The highest BCUT2D eigenvalue weighted by Gasteiger charge is 2.40. The average Bonchev–Trinajstić information content (AvgIpc) is 2.96. The zero-order chi connectivity index (χ0) is 29.7. The lowest BCUT2D eigenvalue weighted by atomic mass is 9.79. The van der Waals surface area contributed by atoms with E-state index in [-0.39, 0.29) is 35.4 Å². The Labute approximate surface area is 240 Å². The Hall–Kier alpha value is -4.02. The number of carbonyl (C=O) groups is 2. The van der Waals surface area contributed by atoms with Crippen LogP contribution in [0.15, 0.2) is 77.1 Å². The fourth-order valence-corrected chi connectivity index (χ4v) is 5.70. The van der Waals surface area contributed by atoms with Crippen LogP contribution in [0.1, 0.15) is 50.8 Å². The van der Waals surface area contributed by atoms with Crippen molar-refractivity contribution < 1.29 is 24.4 Å². The zero-order valence-electron chi connectivity index (χ0n) is 24.0. The third-order valence-electron chi connectivity index (χ3n) is 7.73. The molecule has 0 saturated carbocycles. The molecule has 1 saturated heterocycles. The normalized spacial score (nSPS) is 20.0. The summed E-state index contributed by atoms with van der Waals surface area (Å²) in [5.74, 6) is -2.74. The summed E-state index contributed by atoms with van der Waals surface area (Å²) in [5.41, 5.74) is 2.67. The van der Waals surface area contributed by atoms with Crippen molar-refractivity contribution >= 4 is 17.6 Å². The SMILES string of the molecule is CC1=C(C(=O)O)C(c2cccc([N+](=O)[O-])c2)C(C(=O)OCC(C)C)=C(C)N1CCN1CCNCC1c1ccccc1. The van der Waals surface area contributed by atoms with Gasteiger partial charge in [-0.3, -0.25) is 15.0 Å². The van der Waals surface area contributed by atoms with E-state index in [9.17, 15) is 24.8 Å². The minimum atomic E-state index is -1.19. The highest BCUT2D eigenvalue weighted by molar-refractivity contribution is 5.99. The van der Waals surface area contributed by atoms with Crippen LogP contribution < -0.4 is 5.32 Å². The lowest BCUT2D eigenvalue weighted by molar-refractivity contribution is -0.384. The van der Waals surface area contributed by atoms with Crippen molar-refractivity contribution in [3.8, 4) is 0 Å². The van der Waals surface area contributed by atoms with Crippen LogP contribution in [0.3, 0.4) is 0 Å². The highest BCUT2D eigenvalue weighted by Crippen LogP contribution is 2.43. The van der Waals surface area contributed by atoms with Gasteiger partial charge in [0.05, 0.1) is 28.6 Å². The summed E-state index contributed by atoms with van der Waals surface area (Å²) < 4.78 is 5.63. The second-order valence-corrected chi connectivity index (χ2v) is 10.9. The zero-order valence-corrected chi connectivity index (χ0v) is 24.0. The summed E-state index contributed by atoms with van der Waals surface area (Å²) in [6, 6.07) is 16.2. The number of ether oxygens (including phenoxy) is 1. The fraction of sp³-hybridized carbons (Fsp3) is 0.419. The van der Waals surface area contributed by atoms with Gasteiger partial charge in [-0.05, 0) is 30.9 Å². The van der Waals surface area contributed by atoms with Gasteiger partial charge in [0.25, 0.3) is 5.69 Å². The van der Waals surface area contributed by atoms with Gasteiger partial charge in [0.1, 0.15) is 0 Å². The number of allylic oxidation sites excluding steroid dienone is 2. The number of aliphatic carboxylic acids is 1. The Morgan fingerprint density at radius 3 is 2.39 bits per heavy atom. The van der Waals surface area contributed by atoms with E-state index in [2.05, 4.69) is 22.3 Å². The summed E-state index contributed by atoms with van der Waals surface area (Å²) >= 11 is 0. The number of carboxylic acids is 1. The van der Waals surface area contributed by atoms with Crippen LogP contribution in [0.5, 0.6) is 0 Å². The molecule has 10 nitrogen and oxygen atoms in total. The van der Waals surface area contributed by atoms with Gasteiger partial charge in [-0.25, -0.2) is 9.59 Å². The number of carboxylic acid groups (broad SMARTS) is 1. The third kappa shape index (κ3) is 6.66. The van der Waals surface area contributed by atoms with Crippen molar-refractivity contribution in [3.63, 3.8) is 0 Å². The van der Waals surface area contributed by atoms with E-state index in [0.717, 1.165) is 19.6 Å². The maximum absolute atomic E-state index is 13.6. The fourth-order valence-electron chi connectivity index (χ4n) is 5.70. The topological polar surface area (TPSA) is 125 Å². The van der Waals surface area contributed by atoms with Crippen LogP contribution in [-0.2, 0) is 14.3 Å². The Morgan fingerprint density at radius 1 is 1.05 bits per heavy atom. The second-order valence-electron chi connectivity index (χ2n) is 10.9. The predicted octanol–water partition coefficient (Wildman–Crippen LogP) is 4.47. The first kappa shape index (κ1) is 30.0.